The van der Waals surface area contributed by atoms with Crippen molar-refractivity contribution in [2.24, 2.45) is 0 Å². The van der Waals surface area contributed by atoms with Crippen molar-refractivity contribution in [2.45, 2.75) is 13.8 Å². The summed E-state index contributed by atoms with van der Waals surface area (Å²) >= 11 is 0. The fourth-order valence-electron chi connectivity index (χ4n) is 2.16. The number of ketones is 1. The van der Waals surface area contributed by atoms with E-state index in [-0.39, 0.29) is 5.78 Å². The molecule has 3 nitrogen and oxygen atoms in total. The van der Waals surface area contributed by atoms with Crippen LogP contribution in [0.15, 0.2) is 36.5 Å². The molecule has 0 radical (unpaired) electrons. The highest BCUT2D eigenvalue weighted by Crippen LogP contribution is 2.20. The van der Waals surface area contributed by atoms with Gasteiger partial charge in [-0.3, -0.25) is 9.20 Å². The minimum atomic E-state index is 0.0329. The van der Waals surface area contributed by atoms with E-state index in [1.165, 1.54) is 5.56 Å². The van der Waals surface area contributed by atoms with Crippen LogP contribution in [0.1, 0.15) is 23.0 Å². The standard InChI is InChI=1S/C14H12N2O/c1-9-3-5-12-11(7-9)4-6-14-15-8-13(10(2)17)16(12)14/h3-8H,1-2H3. The first-order valence-electron chi connectivity index (χ1n) is 5.54. The Hall–Kier alpha value is -2.16. The number of aryl methyl sites for hydroxylation is 1. The molecule has 0 N–H and O–H groups in total. The number of carbonyl (C=O) groups is 1. The highest BCUT2D eigenvalue weighted by Gasteiger charge is 2.10. The topological polar surface area (TPSA) is 34.4 Å². The summed E-state index contributed by atoms with van der Waals surface area (Å²) in [5, 5.41) is 1.12. The lowest BCUT2D eigenvalue weighted by molar-refractivity contribution is 0.101. The molecule has 0 aliphatic heterocycles. The summed E-state index contributed by atoms with van der Waals surface area (Å²) in [5.74, 6) is 0.0329. The second-order valence-electron chi connectivity index (χ2n) is 4.29. The third-order valence-electron chi connectivity index (χ3n) is 2.99. The zero-order valence-corrected chi connectivity index (χ0v) is 9.77. The summed E-state index contributed by atoms with van der Waals surface area (Å²) in [7, 11) is 0. The summed E-state index contributed by atoms with van der Waals surface area (Å²) < 4.78 is 1.91. The van der Waals surface area contributed by atoms with Gasteiger partial charge in [-0.25, -0.2) is 4.98 Å². The van der Waals surface area contributed by atoms with Crippen LogP contribution in [-0.4, -0.2) is 15.2 Å². The molecule has 0 fully saturated rings. The van der Waals surface area contributed by atoms with Crippen LogP contribution in [0.5, 0.6) is 0 Å². The molecule has 0 amide bonds. The molecule has 1 aromatic carbocycles. The number of Topliss-reactive ketones (excluding diaryl/α,β-unsaturated/α-hetero) is 1. The molecular formula is C14H12N2O. The van der Waals surface area contributed by atoms with E-state index in [1.807, 2.05) is 28.7 Å². The number of nitrogens with zero attached hydrogens (tertiary/aromatic N) is 2. The van der Waals surface area contributed by atoms with Crippen LogP contribution >= 0.6 is 0 Å². The second kappa shape index (κ2) is 3.42. The highest BCUT2D eigenvalue weighted by atomic mass is 16.1. The molecule has 2 heterocycles. The van der Waals surface area contributed by atoms with Gasteiger partial charge in [-0.15, -0.1) is 0 Å². The van der Waals surface area contributed by atoms with Crippen LogP contribution in [0.3, 0.4) is 0 Å². The van der Waals surface area contributed by atoms with E-state index in [2.05, 4.69) is 18.0 Å². The van der Waals surface area contributed by atoms with E-state index in [9.17, 15) is 4.79 Å². The summed E-state index contributed by atoms with van der Waals surface area (Å²) in [4.78, 5) is 15.8. The van der Waals surface area contributed by atoms with Crippen molar-refractivity contribution in [2.75, 3.05) is 0 Å². The SMILES string of the molecule is CC(=O)c1cnc2ccc3cc(C)ccc3n12. The first-order chi connectivity index (χ1) is 8.16. The van der Waals surface area contributed by atoms with Gasteiger partial charge in [-0.05, 0) is 36.6 Å². The van der Waals surface area contributed by atoms with E-state index in [0.29, 0.717) is 5.69 Å². The summed E-state index contributed by atoms with van der Waals surface area (Å²) in [5.41, 5.74) is 3.68. The molecule has 3 rings (SSSR count). The Balaban J connectivity index is 2.52. The van der Waals surface area contributed by atoms with Crippen molar-refractivity contribution in [3.8, 4) is 0 Å². The van der Waals surface area contributed by atoms with Crippen LogP contribution in [0.25, 0.3) is 16.6 Å². The monoisotopic (exact) mass is 224 g/mol. The molecular weight excluding hydrogens is 212 g/mol. The zero-order chi connectivity index (χ0) is 12.0. The average molecular weight is 224 g/mol. The van der Waals surface area contributed by atoms with Gasteiger partial charge in [0.25, 0.3) is 0 Å². The number of benzene rings is 1. The number of hydrogen-bond donors (Lipinski definition) is 0. The highest BCUT2D eigenvalue weighted by molar-refractivity contribution is 5.95. The predicted octanol–water partition coefficient (Wildman–Crippen LogP) is 3.00. The molecule has 0 aliphatic carbocycles. The van der Waals surface area contributed by atoms with Gasteiger partial charge < -0.3 is 0 Å². The quantitative estimate of drug-likeness (QED) is 0.595. The molecule has 0 atom stereocenters. The van der Waals surface area contributed by atoms with Gasteiger partial charge in [-0.1, -0.05) is 11.6 Å². The van der Waals surface area contributed by atoms with Gasteiger partial charge in [0, 0.05) is 6.92 Å². The Morgan fingerprint density at radius 2 is 2.06 bits per heavy atom. The lowest BCUT2D eigenvalue weighted by Crippen LogP contribution is -1.99. The molecule has 3 aromatic rings. The Morgan fingerprint density at radius 1 is 1.24 bits per heavy atom. The predicted molar refractivity (Wildman–Crippen MR) is 67.4 cm³/mol. The van der Waals surface area contributed by atoms with Gasteiger partial charge in [-0.2, -0.15) is 0 Å². The van der Waals surface area contributed by atoms with E-state index in [4.69, 9.17) is 0 Å². The molecule has 0 spiro atoms. The molecule has 3 heteroatoms. The fourth-order valence-corrected chi connectivity index (χ4v) is 2.16. The minimum absolute atomic E-state index is 0.0329. The first-order valence-corrected chi connectivity index (χ1v) is 5.54. The smallest absolute Gasteiger partial charge is 0.178 e. The van der Waals surface area contributed by atoms with Crippen LogP contribution in [0.4, 0.5) is 0 Å². The third-order valence-corrected chi connectivity index (χ3v) is 2.99. The van der Waals surface area contributed by atoms with Gasteiger partial charge in [0.05, 0.1) is 11.7 Å². The van der Waals surface area contributed by atoms with Crippen molar-refractivity contribution in [1.29, 1.82) is 0 Å². The van der Waals surface area contributed by atoms with Gasteiger partial charge >= 0.3 is 0 Å². The maximum atomic E-state index is 11.6. The molecule has 0 saturated carbocycles. The third kappa shape index (κ3) is 1.43. The Labute approximate surface area is 98.7 Å². The molecule has 0 unspecified atom stereocenters. The van der Waals surface area contributed by atoms with Crippen molar-refractivity contribution in [1.82, 2.24) is 9.38 Å². The second-order valence-corrected chi connectivity index (χ2v) is 4.29. The Morgan fingerprint density at radius 3 is 2.82 bits per heavy atom. The number of pyridine rings is 1. The van der Waals surface area contributed by atoms with Gasteiger partial charge in [0.15, 0.2) is 5.78 Å². The van der Waals surface area contributed by atoms with Crippen LogP contribution in [0.2, 0.25) is 0 Å². The first kappa shape index (κ1) is 10.0. The van der Waals surface area contributed by atoms with Crippen molar-refractivity contribution in [3.05, 3.63) is 47.8 Å². The van der Waals surface area contributed by atoms with Crippen LogP contribution in [-0.2, 0) is 0 Å². The lowest BCUT2D eigenvalue weighted by Gasteiger charge is -2.05. The van der Waals surface area contributed by atoms with Crippen LogP contribution in [0, 0.1) is 6.92 Å². The summed E-state index contributed by atoms with van der Waals surface area (Å²) in [6, 6.07) is 10.2. The lowest BCUT2D eigenvalue weighted by atomic mass is 10.1. The summed E-state index contributed by atoms with van der Waals surface area (Å²) in [6.45, 7) is 3.62. The maximum absolute atomic E-state index is 11.6. The normalized spacial score (nSPS) is 11.2. The number of rotatable bonds is 1. The van der Waals surface area contributed by atoms with Crippen molar-refractivity contribution >= 4 is 22.3 Å². The van der Waals surface area contributed by atoms with Gasteiger partial charge in [0.1, 0.15) is 11.3 Å². The molecule has 17 heavy (non-hydrogen) atoms. The largest absolute Gasteiger partial charge is 0.293 e. The van der Waals surface area contributed by atoms with E-state index in [1.54, 1.807) is 13.1 Å². The number of carbonyl (C=O) groups excluding carboxylic acids is 1. The molecule has 2 aromatic heterocycles. The van der Waals surface area contributed by atoms with E-state index < -0.39 is 0 Å². The van der Waals surface area contributed by atoms with E-state index in [0.717, 1.165) is 16.6 Å². The van der Waals surface area contributed by atoms with E-state index >= 15 is 0 Å². The van der Waals surface area contributed by atoms with Crippen LogP contribution < -0.4 is 0 Å². The minimum Gasteiger partial charge on any atom is -0.293 e. The zero-order valence-electron chi connectivity index (χ0n) is 9.77. The molecule has 0 saturated heterocycles. The van der Waals surface area contributed by atoms with Crippen molar-refractivity contribution < 1.29 is 4.79 Å². The number of aromatic nitrogens is 2. The number of imidazole rings is 1. The number of hydrogen-bond acceptors (Lipinski definition) is 2. The van der Waals surface area contributed by atoms with Gasteiger partial charge in [0.2, 0.25) is 0 Å². The fraction of sp³-hybridized carbons (Fsp3) is 0.143. The molecule has 0 aliphatic rings. The molecule has 84 valence electrons. The average Bonchev–Trinajstić information content (AvgIpc) is 2.72. The Kier molecular flexibility index (Phi) is 2.01. The van der Waals surface area contributed by atoms with Crippen molar-refractivity contribution in [3.63, 3.8) is 0 Å². The number of fused-ring (bicyclic) bond motifs is 3. The molecule has 0 bridgehead atoms. The Bertz CT molecular complexity index is 740. The maximum Gasteiger partial charge on any atom is 0.178 e. The summed E-state index contributed by atoms with van der Waals surface area (Å²) in [6.07, 6.45) is 1.64.